The fourth-order valence-electron chi connectivity index (χ4n) is 2.43. The Labute approximate surface area is 108 Å². The summed E-state index contributed by atoms with van der Waals surface area (Å²) in [5.41, 5.74) is 0. The third-order valence-electron chi connectivity index (χ3n) is 3.51. The maximum atomic E-state index is 11.7. The van der Waals surface area contributed by atoms with Crippen molar-refractivity contribution < 1.29 is 14.3 Å². The molecule has 5 nitrogen and oxygen atoms in total. The number of hydrogen-bond acceptors (Lipinski definition) is 4. The van der Waals surface area contributed by atoms with Gasteiger partial charge in [-0.25, -0.2) is 0 Å². The maximum absolute atomic E-state index is 11.7. The van der Waals surface area contributed by atoms with E-state index in [1.807, 2.05) is 0 Å². The van der Waals surface area contributed by atoms with E-state index < -0.39 is 0 Å². The molecule has 0 aromatic heterocycles. The molecule has 1 atom stereocenters. The number of likely N-dealkylation sites (tertiary alicyclic amines) is 1. The van der Waals surface area contributed by atoms with Crippen LogP contribution in [0.3, 0.4) is 0 Å². The minimum atomic E-state index is -0.293. The van der Waals surface area contributed by atoms with Gasteiger partial charge in [0.2, 0.25) is 5.91 Å². The number of nitrogens with zero attached hydrogens (tertiary/aromatic N) is 1. The van der Waals surface area contributed by atoms with Crippen LogP contribution in [0, 0.1) is 0 Å². The zero-order valence-electron chi connectivity index (χ0n) is 11.0. The van der Waals surface area contributed by atoms with Gasteiger partial charge in [-0.15, -0.1) is 0 Å². The summed E-state index contributed by atoms with van der Waals surface area (Å²) in [5, 5.41) is 3.00. The second kappa shape index (κ2) is 6.18. The Morgan fingerprint density at radius 2 is 2.06 bits per heavy atom. The lowest BCUT2D eigenvalue weighted by Gasteiger charge is -2.15. The molecule has 1 unspecified atom stereocenters. The highest BCUT2D eigenvalue weighted by atomic mass is 16.5. The van der Waals surface area contributed by atoms with Crippen LogP contribution >= 0.6 is 0 Å². The lowest BCUT2D eigenvalue weighted by molar-refractivity contribution is -0.144. The van der Waals surface area contributed by atoms with Gasteiger partial charge >= 0.3 is 5.97 Å². The average molecular weight is 254 g/mol. The van der Waals surface area contributed by atoms with Crippen molar-refractivity contribution in [2.24, 2.45) is 0 Å². The largest absolute Gasteiger partial charge is 0.466 e. The number of rotatable bonds is 6. The van der Waals surface area contributed by atoms with Crippen molar-refractivity contribution in [3.05, 3.63) is 0 Å². The molecule has 1 saturated heterocycles. The Morgan fingerprint density at radius 1 is 1.28 bits per heavy atom. The summed E-state index contributed by atoms with van der Waals surface area (Å²) in [4.78, 5) is 25.2. The highest BCUT2D eigenvalue weighted by Gasteiger charge is 2.34. The Hall–Kier alpha value is -1.10. The van der Waals surface area contributed by atoms with Crippen molar-refractivity contribution in [2.45, 2.75) is 51.1 Å². The van der Waals surface area contributed by atoms with Crippen LogP contribution in [-0.4, -0.2) is 48.6 Å². The minimum Gasteiger partial charge on any atom is -0.466 e. The van der Waals surface area contributed by atoms with Crippen LogP contribution in [0.2, 0.25) is 0 Å². The first-order valence-electron chi connectivity index (χ1n) is 6.88. The predicted molar refractivity (Wildman–Crippen MR) is 67.0 cm³/mol. The van der Waals surface area contributed by atoms with Crippen molar-refractivity contribution in [3.63, 3.8) is 0 Å². The number of hydrogen-bond donors (Lipinski definition) is 1. The lowest BCUT2D eigenvalue weighted by Crippen LogP contribution is -2.37. The molecule has 5 heteroatoms. The summed E-state index contributed by atoms with van der Waals surface area (Å²) < 4.78 is 4.79. The van der Waals surface area contributed by atoms with Gasteiger partial charge in [-0.2, -0.15) is 0 Å². The average Bonchev–Trinajstić information content (AvgIpc) is 3.09. The first-order valence-corrected chi connectivity index (χ1v) is 6.88. The van der Waals surface area contributed by atoms with Gasteiger partial charge < -0.3 is 10.1 Å². The summed E-state index contributed by atoms with van der Waals surface area (Å²) in [6.07, 6.45) is 4.06. The quantitative estimate of drug-likeness (QED) is 0.708. The summed E-state index contributed by atoms with van der Waals surface area (Å²) in [5.74, 6) is -0.329. The van der Waals surface area contributed by atoms with Crippen LogP contribution in [-0.2, 0) is 14.3 Å². The molecular formula is C13H22N2O3. The van der Waals surface area contributed by atoms with E-state index in [4.69, 9.17) is 4.74 Å². The second-order valence-corrected chi connectivity index (χ2v) is 5.08. The second-order valence-electron chi connectivity index (χ2n) is 5.08. The van der Waals surface area contributed by atoms with E-state index in [-0.39, 0.29) is 30.8 Å². The van der Waals surface area contributed by atoms with Crippen molar-refractivity contribution in [2.75, 3.05) is 19.7 Å². The van der Waals surface area contributed by atoms with Gasteiger partial charge in [-0.3, -0.25) is 14.5 Å². The van der Waals surface area contributed by atoms with E-state index in [0.717, 1.165) is 25.6 Å². The molecule has 0 aromatic rings. The molecule has 1 aliphatic carbocycles. The Bertz CT molecular complexity index is 315. The monoisotopic (exact) mass is 254 g/mol. The zero-order chi connectivity index (χ0) is 13.0. The first kappa shape index (κ1) is 13.3. The van der Waals surface area contributed by atoms with Crippen LogP contribution in [0.4, 0.5) is 0 Å². The Kier molecular flexibility index (Phi) is 4.58. The SMILES string of the molecule is CCOC(=O)CCC(=O)NC1CCN(C2CC2)C1. The predicted octanol–water partition coefficient (Wildman–Crippen LogP) is 0.683. The van der Waals surface area contributed by atoms with Gasteiger partial charge in [-0.05, 0) is 26.2 Å². The summed E-state index contributed by atoms with van der Waals surface area (Å²) in [6, 6.07) is 1.03. The zero-order valence-corrected chi connectivity index (χ0v) is 11.0. The standard InChI is InChI=1S/C13H22N2O3/c1-2-18-13(17)6-5-12(16)14-10-7-8-15(9-10)11-3-4-11/h10-11H,2-9H2,1H3,(H,14,16). The smallest absolute Gasteiger partial charge is 0.306 e. The molecule has 2 fully saturated rings. The maximum Gasteiger partial charge on any atom is 0.306 e. The number of esters is 1. The first-order chi connectivity index (χ1) is 8.69. The molecule has 1 saturated carbocycles. The van der Waals surface area contributed by atoms with Crippen LogP contribution < -0.4 is 5.32 Å². The number of nitrogens with one attached hydrogen (secondary N) is 1. The third-order valence-corrected chi connectivity index (χ3v) is 3.51. The minimum absolute atomic E-state index is 0.0364. The Balaban J connectivity index is 1.60. The van der Waals surface area contributed by atoms with E-state index in [0.29, 0.717) is 6.61 Å². The molecule has 2 rings (SSSR count). The normalized spacial score (nSPS) is 23.9. The molecule has 1 amide bonds. The van der Waals surface area contributed by atoms with Crippen molar-refractivity contribution in [3.8, 4) is 0 Å². The van der Waals surface area contributed by atoms with Crippen LogP contribution in [0.1, 0.15) is 39.0 Å². The lowest BCUT2D eigenvalue weighted by atomic mass is 10.2. The Morgan fingerprint density at radius 3 is 2.72 bits per heavy atom. The summed E-state index contributed by atoms with van der Waals surface area (Å²) in [7, 11) is 0. The highest BCUT2D eigenvalue weighted by molar-refractivity contribution is 5.81. The molecule has 0 aromatic carbocycles. The number of carbonyl (C=O) groups is 2. The highest BCUT2D eigenvalue weighted by Crippen LogP contribution is 2.29. The topological polar surface area (TPSA) is 58.6 Å². The van der Waals surface area contributed by atoms with Crippen molar-refractivity contribution >= 4 is 11.9 Å². The van der Waals surface area contributed by atoms with Gasteiger partial charge in [0.1, 0.15) is 0 Å². The van der Waals surface area contributed by atoms with Crippen molar-refractivity contribution in [1.29, 1.82) is 0 Å². The van der Waals surface area contributed by atoms with E-state index in [9.17, 15) is 9.59 Å². The molecule has 0 spiro atoms. The van der Waals surface area contributed by atoms with E-state index >= 15 is 0 Å². The van der Waals surface area contributed by atoms with E-state index in [1.165, 1.54) is 12.8 Å². The van der Waals surface area contributed by atoms with Crippen LogP contribution in [0.25, 0.3) is 0 Å². The molecule has 1 N–H and O–H groups in total. The molecule has 102 valence electrons. The molecule has 2 aliphatic rings. The fourth-order valence-corrected chi connectivity index (χ4v) is 2.43. The molecule has 1 aliphatic heterocycles. The molecule has 0 bridgehead atoms. The number of amides is 1. The van der Waals surface area contributed by atoms with Gasteiger partial charge in [0, 0.05) is 31.6 Å². The van der Waals surface area contributed by atoms with Crippen LogP contribution in [0.5, 0.6) is 0 Å². The van der Waals surface area contributed by atoms with Crippen LogP contribution in [0.15, 0.2) is 0 Å². The van der Waals surface area contributed by atoms with Gasteiger partial charge in [0.15, 0.2) is 0 Å². The fraction of sp³-hybridized carbons (Fsp3) is 0.846. The molecule has 1 heterocycles. The van der Waals surface area contributed by atoms with Gasteiger partial charge in [-0.1, -0.05) is 0 Å². The van der Waals surface area contributed by atoms with E-state index in [1.54, 1.807) is 6.92 Å². The number of ether oxygens (including phenoxy) is 1. The molecular weight excluding hydrogens is 232 g/mol. The summed E-state index contributed by atoms with van der Waals surface area (Å²) >= 11 is 0. The molecule has 18 heavy (non-hydrogen) atoms. The van der Waals surface area contributed by atoms with Gasteiger partial charge in [0.05, 0.1) is 13.0 Å². The number of carbonyl (C=O) groups excluding carboxylic acids is 2. The third kappa shape index (κ3) is 3.98. The van der Waals surface area contributed by atoms with Crippen molar-refractivity contribution in [1.82, 2.24) is 10.2 Å². The molecule has 0 radical (unpaired) electrons. The summed E-state index contributed by atoms with van der Waals surface area (Å²) in [6.45, 7) is 4.20. The van der Waals surface area contributed by atoms with Gasteiger partial charge in [0.25, 0.3) is 0 Å². The van der Waals surface area contributed by atoms with E-state index in [2.05, 4.69) is 10.2 Å².